The number of nitriles is 1. The van der Waals surface area contributed by atoms with Gasteiger partial charge in [-0.05, 0) is 72.7 Å². The van der Waals surface area contributed by atoms with E-state index in [9.17, 15) is 34.7 Å². The van der Waals surface area contributed by atoms with E-state index in [-0.39, 0.29) is 60.9 Å². The van der Waals surface area contributed by atoms with E-state index in [1.165, 1.54) is 16.2 Å². The molecule has 4 aromatic rings. The van der Waals surface area contributed by atoms with Crippen molar-refractivity contribution in [2.75, 3.05) is 52.4 Å². The zero-order chi connectivity index (χ0) is 51.4. The number of β-amino-alcohol motifs (C(OH)–C–C–N with tert-alkyl or cyclic N) is 1. The second kappa shape index (κ2) is 22.1. The summed E-state index contributed by atoms with van der Waals surface area (Å²) in [6.07, 6.45) is 0.709. The van der Waals surface area contributed by atoms with E-state index in [0.717, 1.165) is 54.2 Å². The Labute approximate surface area is 426 Å². The van der Waals surface area contributed by atoms with Crippen LogP contribution in [-0.2, 0) is 20.8 Å². The van der Waals surface area contributed by atoms with Gasteiger partial charge in [0.25, 0.3) is 5.91 Å². The summed E-state index contributed by atoms with van der Waals surface area (Å²) in [7, 11) is 0. The molecule has 15 nitrogen and oxygen atoms in total. The first-order chi connectivity index (χ1) is 33.6. The molecule has 1 aliphatic carbocycles. The number of aliphatic hydroxyl groups excluding tert-OH is 2. The van der Waals surface area contributed by atoms with Crippen molar-refractivity contribution in [2.24, 2.45) is 16.2 Å². The predicted molar refractivity (Wildman–Crippen MR) is 275 cm³/mol. The quantitative estimate of drug-likeness (QED) is 0.0813. The molecule has 2 saturated heterocycles. The summed E-state index contributed by atoms with van der Waals surface area (Å²) in [5.41, 5.74) is 5.08. The highest BCUT2D eigenvalue weighted by Gasteiger charge is 2.64. The van der Waals surface area contributed by atoms with Crippen molar-refractivity contribution in [3.8, 4) is 22.3 Å². The monoisotopic (exact) mass is 1010 g/mol. The molecule has 17 heteroatoms. The maximum Gasteiger partial charge on any atom is 0.251 e. The molecular formula is C54H69ClN8O7S. The molecule has 0 spiro atoms. The fourth-order valence-corrected chi connectivity index (χ4v) is 11.8. The van der Waals surface area contributed by atoms with Crippen LogP contribution in [0.3, 0.4) is 0 Å². The summed E-state index contributed by atoms with van der Waals surface area (Å²) < 4.78 is 6.38. The highest BCUT2D eigenvalue weighted by Crippen LogP contribution is 2.55. The summed E-state index contributed by atoms with van der Waals surface area (Å²) in [4.78, 5) is 66.3. The van der Waals surface area contributed by atoms with Crippen molar-refractivity contribution in [1.82, 2.24) is 35.6 Å². The summed E-state index contributed by atoms with van der Waals surface area (Å²) >= 11 is 7.80. The predicted octanol–water partition coefficient (Wildman–Crippen LogP) is 6.15. The Bertz CT molecular complexity index is 2570. The van der Waals surface area contributed by atoms with Crippen LogP contribution in [0, 0.1) is 34.5 Å². The van der Waals surface area contributed by atoms with E-state index in [2.05, 4.69) is 64.5 Å². The molecule has 5 N–H and O–H groups in total. The average Bonchev–Trinajstić information content (AvgIpc) is 3.96. The summed E-state index contributed by atoms with van der Waals surface area (Å²) in [5, 5.41) is 39.7. The Hall–Kier alpha value is -5.41. The van der Waals surface area contributed by atoms with Gasteiger partial charge in [0.1, 0.15) is 30.0 Å². The SMILES string of the molecule is Cc1ncsc1-c1ccc([C@H](CO)NC(=O)[C@@H]2C[C@@H](O)CN2C(=O)[C@H](NC(=O)CN2CCN(CCCc3ccc(C(=O)N[C@H]4C(C)(C)[C@H](Oc5ccc(C#N)c(Cl)c5)C4(C)C)cc3)CC2)C(C)(C)C)cc1. The van der Waals surface area contributed by atoms with Gasteiger partial charge in [-0.15, -0.1) is 11.3 Å². The molecule has 71 heavy (non-hydrogen) atoms. The molecule has 1 aromatic heterocycles. The van der Waals surface area contributed by atoms with Gasteiger partial charge in [0.05, 0.1) is 52.0 Å². The zero-order valence-corrected chi connectivity index (χ0v) is 43.7. The number of halogens is 1. The number of aliphatic hydroxyl groups is 2. The molecule has 3 aromatic carbocycles. The number of thiazole rings is 1. The number of nitrogens with one attached hydrogen (secondary N) is 3. The Morgan fingerprint density at radius 2 is 1.62 bits per heavy atom. The normalized spacial score (nSPS) is 21.9. The summed E-state index contributed by atoms with van der Waals surface area (Å²) in [6, 6.07) is 19.7. The molecule has 0 unspecified atom stereocenters. The molecule has 380 valence electrons. The van der Waals surface area contributed by atoms with E-state index in [1.54, 1.807) is 23.7 Å². The van der Waals surface area contributed by atoms with E-state index in [1.807, 2.05) is 76.2 Å². The van der Waals surface area contributed by atoms with Crippen LogP contribution >= 0.6 is 22.9 Å². The maximum atomic E-state index is 14.3. The summed E-state index contributed by atoms with van der Waals surface area (Å²) in [5.74, 6) is -0.762. The summed E-state index contributed by atoms with van der Waals surface area (Å²) in [6.45, 7) is 19.4. The van der Waals surface area contributed by atoms with Gasteiger partial charge < -0.3 is 40.7 Å². The lowest BCUT2D eigenvalue weighted by Gasteiger charge is -2.63. The Balaban J connectivity index is 0.840. The molecule has 1 saturated carbocycles. The molecule has 3 fully saturated rings. The molecule has 4 amide bonds. The molecular weight excluding hydrogens is 940 g/mol. The Kier molecular flexibility index (Phi) is 16.7. The van der Waals surface area contributed by atoms with Gasteiger partial charge >= 0.3 is 0 Å². The van der Waals surface area contributed by atoms with Gasteiger partial charge in [0.15, 0.2) is 0 Å². The van der Waals surface area contributed by atoms with Crippen LogP contribution in [0.2, 0.25) is 5.02 Å². The van der Waals surface area contributed by atoms with Crippen molar-refractivity contribution in [2.45, 2.75) is 111 Å². The van der Waals surface area contributed by atoms with Gasteiger partial charge in [-0.1, -0.05) is 96.5 Å². The van der Waals surface area contributed by atoms with Gasteiger partial charge in [0.2, 0.25) is 17.7 Å². The van der Waals surface area contributed by atoms with Crippen LogP contribution in [-0.4, -0.2) is 136 Å². The first kappa shape index (κ1) is 53.4. The number of hydrogen-bond donors (Lipinski definition) is 5. The number of carbonyl (C=O) groups excluding carboxylic acids is 4. The lowest BCUT2D eigenvalue weighted by molar-refractivity contribution is -0.164. The minimum atomic E-state index is -0.982. The number of carbonyl (C=O) groups is 4. The number of amides is 4. The molecule has 0 radical (unpaired) electrons. The first-order valence-corrected chi connectivity index (χ1v) is 25.8. The van der Waals surface area contributed by atoms with Crippen molar-refractivity contribution in [3.05, 3.63) is 105 Å². The first-order valence-electron chi connectivity index (χ1n) is 24.5. The topological polar surface area (TPSA) is 200 Å². The molecule has 3 aliphatic rings. The molecule has 2 aliphatic heterocycles. The smallest absolute Gasteiger partial charge is 0.251 e. The van der Waals surface area contributed by atoms with Crippen LogP contribution in [0.25, 0.3) is 10.4 Å². The number of nitrogens with zero attached hydrogens (tertiary/aromatic N) is 5. The number of benzene rings is 3. The van der Waals surface area contributed by atoms with E-state index >= 15 is 0 Å². The van der Waals surface area contributed by atoms with E-state index in [4.69, 9.17) is 16.3 Å². The van der Waals surface area contributed by atoms with Crippen LogP contribution < -0.4 is 20.7 Å². The number of hydrogen-bond acceptors (Lipinski definition) is 12. The maximum absolute atomic E-state index is 14.3. The highest BCUT2D eigenvalue weighted by molar-refractivity contribution is 7.13. The fraction of sp³-hybridized carbons (Fsp3) is 0.519. The third-order valence-corrected chi connectivity index (χ3v) is 15.8. The number of likely N-dealkylation sites (tertiary alicyclic amines) is 1. The molecule has 7 rings (SSSR count). The molecule has 3 heterocycles. The Morgan fingerprint density at radius 3 is 2.21 bits per heavy atom. The fourth-order valence-electron chi connectivity index (χ4n) is 10.8. The van der Waals surface area contributed by atoms with Gasteiger partial charge in [-0.3, -0.25) is 24.1 Å². The third-order valence-electron chi connectivity index (χ3n) is 14.5. The number of rotatable bonds is 17. The average molecular weight is 1010 g/mol. The van der Waals surface area contributed by atoms with Gasteiger partial charge in [-0.2, -0.15) is 5.26 Å². The van der Waals surface area contributed by atoms with Crippen molar-refractivity contribution < 1.29 is 34.1 Å². The lowest BCUT2D eigenvalue weighted by Crippen LogP contribution is -2.74. The largest absolute Gasteiger partial charge is 0.489 e. The van der Waals surface area contributed by atoms with E-state index in [0.29, 0.717) is 40.6 Å². The van der Waals surface area contributed by atoms with Crippen LogP contribution in [0.5, 0.6) is 5.75 Å². The lowest BCUT2D eigenvalue weighted by atomic mass is 9.49. The van der Waals surface area contributed by atoms with Crippen molar-refractivity contribution in [1.29, 1.82) is 5.26 Å². The highest BCUT2D eigenvalue weighted by atomic mass is 35.5. The number of aryl methyl sites for hydroxylation is 2. The molecule has 0 bridgehead atoms. The van der Waals surface area contributed by atoms with Crippen LogP contribution in [0.15, 0.2) is 72.2 Å². The number of piperazine rings is 1. The third kappa shape index (κ3) is 12.3. The van der Waals surface area contributed by atoms with Crippen molar-refractivity contribution in [3.63, 3.8) is 0 Å². The van der Waals surface area contributed by atoms with Gasteiger partial charge in [-0.25, -0.2) is 4.98 Å². The van der Waals surface area contributed by atoms with Crippen LogP contribution in [0.4, 0.5) is 0 Å². The van der Waals surface area contributed by atoms with E-state index < -0.39 is 41.5 Å². The minimum absolute atomic E-state index is 0.0383. The standard InChI is InChI=1S/C54H69ClN8O7S/c1-33-45(71-32-57-33)36-17-15-35(16-18-36)42(31-64)58-48(68)43-26-39(65)29-63(43)49(69)46(52(2,3)4)59-44(66)30-62-24-22-61(23-25-62)21-9-10-34-11-13-37(14-12-34)47(67)60-50-53(5,6)51(54(50,7)8)70-40-20-19-38(28-56)41(55)27-40/h11-20,27,32,39,42-43,46,50-51,64-65H,9-10,21-26,29-31H2,1-8H3,(H,58,68)(H,59,66)(H,60,67)/t39-,42+,43+,46+,50-,51-/m1/s1. The number of aromatic nitrogens is 1. The zero-order valence-electron chi connectivity index (χ0n) is 42.1. The van der Waals surface area contributed by atoms with Crippen LogP contribution in [0.1, 0.15) is 100 Å². The Morgan fingerprint density at radius 1 is 0.958 bits per heavy atom. The second-order valence-electron chi connectivity index (χ2n) is 21.6. The second-order valence-corrected chi connectivity index (χ2v) is 22.9. The van der Waals surface area contributed by atoms with Crippen molar-refractivity contribution >= 4 is 46.6 Å². The minimum Gasteiger partial charge on any atom is -0.489 e. The molecule has 4 atom stereocenters. The number of ether oxygens (including phenoxy) is 1. The van der Waals surface area contributed by atoms with Gasteiger partial charge in [0, 0.05) is 67.6 Å².